The number of hydrogen-bond acceptors (Lipinski definition) is 5. The number of rotatable bonds is 8. The Morgan fingerprint density at radius 1 is 0.933 bits per heavy atom. The molecule has 1 amide bonds. The Kier molecular flexibility index (Phi) is 7.29. The Morgan fingerprint density at radius 2 is 1.57 bits per heavy atom. The highest BCUT2D eigenvalue weighted by molar-refractivity contribution is 6.30. The number of carbonyl (C=O) groups excluding carboxylic acids is 1. The highest BCUT2D eigenvalue weighted by atomic mass is 35.5. The van der Waals surface area contributed by atoms with E-state index in [1.807, 2.05) is 48.5 Å². The van der Waals surface area contributed by atoms with E-state index in [0.717, 1.165) is 16.9 Å². The lowest BCUT2D eigenvalue weighted by atomic mass is 10.2. The van der Waals surface area contributed by atoms with Gasteiger partial charge in [0.2, 0.25) is 0 Å². The summed E-state index contributed by atoms with van der Waals surface area (Å²) in [5.41, 5.74) is 4.72. The Balaban J connectivity index is 1.55. The summed E-state index contributed by atoms with van der Waals surface area (Å²) in [6.45, 7) is 0.449. The lowest BCUT2D eigenvalue weighted by Gasteiger charge is -2.07. The molecule has 0 atom stereocenters. The first-order chi connectivity index (χ1) is 14.6. The molecule has 30 heavy (non-hydrogen) atoms. The summed E-state index contributed by atoms with van der Waals surface area (Å²) in [7, 11) is 3.05. The van der Waals surface area contributed by atoms with Gasteiger partial charge in [-0.25, -0.2) is 5.43 Å². The number of ether oxygens (including phenoxy) is 3. The molecule has 1 N–H and O–H groups in total. The molecule has 154 valence electrons. The van der Waals surface area contributed by atoms with Crippen molar-refractivity contribution in [1.29, 1.82) is 0 Å². The second-order valence-corrected chi connectivity index (χ2v) is 6.72. The second kappa shape index (κ2) is 10.3. The van der Waals surface area contributed by atoms with Gasteiger partial charge in [0.05, 0.1) is 20.4 Å². The van der Waals surface area contributed by atoms with Gasteiger partial charge in [-0.05, 0) is 59.7 Å². The second-order valence-electron chi connectivity index (χ2n) is 6.28. The van der Waals surface area contributed by atoms with Crippen molar-refractivity contribution in [3.05, 3.63) is 88.4 Å². The molecular weight excluding hydrogens is 404 g/mol. The molecule has 0 saturated carbocycles. The third kappa shape index (κ3) is 5.99. The maximum absolute atomic E-state index is 12.3. The number of carbonyl (C=O) groups is 1. The van der Waals surface area contributed by atoms with Crippen molar-refractivity contribution >= 4 is 23.7 Å². The summed E-state index contributed by atoms with van der Waals surface area (Å²) in [5.74, 6) is 1.41. The fraction of sp³-hybridized carbons (Fsp3) is 0.130. The van der Waals surface area contributed by atoms with Crippen molar-refractivity contribution in [3.8, 4) is 17.2 Å². The molecule has 0 bridgehead atoms. The Morgan fingerprint density at radius 3 is 2.17 bits per heavy atom. The molecule has 0 heterocycles. The van der Waals surface area contributed by atoms with Crippen molar-refractivity contribution in [3.63, 3.8) is 0 Å². The number of methoxy groups -OCH3 is 2. The van der Waals surface area contributed by atoms with Crippen LogP contribution >= 0.6 is 11.6 Å². The van der Waals surface area contributed by atoms with Crippen molar-refractivity contribution in [1.82, 2.24) is 5.43 Å². The highest BCUT2D eigenvalue weighted by Gasteiger charge is 2.09. The first kappa shape index (κ1) is 21.2. The van der Waals surface area contributed by atoms with Gasteiger partial charge in [0.1, 0.15) is 23.9 Å². The van der Waals surface area contributed by atoms with E-state index in [0.29, 0.717) is 28.7 Å². The summed E-state index contributed by atoms with van der Waals surface area (Å²) in [4.78, 5) is 12.3. The highest BCUT2D eigenvalue weighted by Crippen LogP contribution is 2.22. The molecule has 0 unspecified atom stereocenters. The van der Waals surface area contributed by atoms with Gasteiger partial charge in [-0.3, -0.25) is 4.79 Å². The van der Waals surface area contributed by atoms with E-state index >= 15 is 0 Å². The monoisotopic (exact) mass is 424 g/mol. The van der Waals surface area contributed by atoms with Crippen LogP contribution in [0.4, 0.5) is 0 Å². The van der Waals surface area contributed by atoms with E-state index < -0.39 is 0 Å². The standard InChI is InChI=1S/C23H21ClN2O4/c1-28-21-11-18(12-22(13-21)29-2)23(27)26-25-14-16-5-9-20(10-6-16)30-15-17-3-7-19(24)8-4-17/h3-14H,15H2,1-2H3,(H,26,27)/b25-14-. The van der Waals surface area contributed by atoms with Gasteiger partial charge in [0.15, 0.2) is 0 Å². The van der Waals surface area contributed by atoms with Crippen molar-refractivity contribution in [2.45, 2.75) is 6.61 Å². The molecule has 3 aromatic carbocycles. The zero-order valence-electron chi connectivity index (χ0n) is 16.6. The predicted octanol–water partition coefficient (Wildman–Crippen LogP) is 4.70. The fourth-order valence-electron chi connectivity index (χ4n) is 2.57. The largest absolute Gasteiger partial charge is 0.497 e. The van der Waals surface area contributed by atoms with E-state index in [2.05, 4.69) is 10.5 Å². The van der Waals surface area contributed by atoms with Gasteiger partial charge in [0.25, 0.3) is 5.91 Å². The predicted molar refractivity (Wildman–Crippen MR) is 117 cm³/mol. The summed E-state index contributed by atoms with van der Waals surface area (Å²) in [6.07, 6.45) is 1.55. The molecule has 6 nitrogen and oxygen atoms in total. The fourth-order valence-corrected chi connectivity index (χ4v) is 2.69. The van der Waals surface area contributed by atoms with Gasteiger partial charge < -0.3 is 14.2 Å². The average molecular weight is 425 g/mol. The van der Waals surface area contributed by atoms with Gasteiger partial charge in [-0.1, -0.05) is 23.7 Å². The van der Waals surface area contributed by atoms with Crippen LogP contribution < -0.4 is 19.6 Å². The Hall–Kier alpha value is -3.51. The summed E-state index contributed by atoms with van der Waals surface area (Å²) >= 11 is 5.88. The average Bonchev–Trinajstić information content (AvgIpc) is 2.79. The molecule has 0 aliphatic carbocycles. The Labute approximate surface area is 180 Å². The molecule has 0 aliphatic heterocycles. The van der Waals surface area contributed by atoms with Gasteiger partial charge in [0, 0.05) is 16.7 Å². The summed E-state index contributed by atoms with van der Waals surface area (Å²) < 4.78 is 16.1. The van der Waals surface area contributed by atoms with Gasteiger partial charge in [-0.2, -0.15) is 5.10 Å². The van der Waals surface area contributed by atoms with E-state index in [1.54, 1.807) is 24.4 Å². The first-order valence-corrected chi connectivity index (χ1v) is 9.49. The van der Waals surface area contributed by atoms with E-state index in [1.165, 1.54) is 14.2 Å². The number of amides is 1. The van der Waals surface area contributed by atoms with Crippen molar-refractivity contribution in [2.24, 2.45) is 5.10 Å². The van der Waals surface area contributed by atoms with Gasteiger partial charge >= 0.3 is 0 Å². The van der Waals surface area contributed by atoms with E-state index in [-0.39, 0.29) is 5.91 Å². The molecule has 3 aromatic rings. The zero-order chi connectivity index (χ0) is 21.3. The maximum atomic E-state index is 12.3. The van der Waals surface area contributed by atoms with Crippen molar-refractivity contribution in [2.75, 3.05) is 14.2 Å². The lowest BCUT2D eigenvalue weighted by Crippen LogP contribution is -2.17. The van der Waals surface area contributed by atoms with Crippen LogP contribution in [0.2, 0.25) is 5.02 Å². The van der Waals surface area contributed by atoms with E-state index in [9.17, 15) is 4.79 Å². The first-order valence-electron chi connectivity index (χ1n) is 9.11. The molecular formula is C23H21ClN2O4. The zero-order valence-corrected chi connectivity index (χ0v) is 17.3. The SMILES string of the molecule is COc1cc(OC)cc(C(=O)N/N=C\c2ccc(OCc3ccc(Cl)cc3)cc2)c1. The number of benzene rings is 3. The topological polar surface area (TPSA) is 69.2 Å². The molecule has 0 saturated heterocycles. The van der Waals surface area contributed by atoms with Gasteiger partial charge in [-0.15, -0.1) is 0 Å². The minimum atomic E-state index is -0.369. The normalized spacial score (nSPS) is 10.6. The van der Waals surface area contributed by atoms with Crippen LogP contribution in [0, 0.1) is 0 Å². The third-order valence-electron chi connectivity index (χ3n) is 4.19. The minimum absolute atomic E-state index is 0.369. The van der Waals surface area contributed by atoms with Crippen LogP contribution in [-0.4, -0.2) is 26.3 Å². The molecule has 0 spiro atoms. The number of hydrogen-bond donors (Lipinski definition) is 1. The number of nitrogens with zero attached hydrogens (tertiary/aromatic N) is 1. The third-order valence-corrected chi connectivity index (χ3v) is 4.44. The Bertz CT molecular complexity index is 996. The maximum Gasteiger partial charge on any atom is 0.271 e. The van der Waals surface area contributed by atoms with Crippen LogP contribution in [0.15, 0.2) is 71.8 Å². The number of halogens is 1. The minimum Gasteiger partial charge on any atom is -0.497 e. The quantitative estimate of drug-likeness (QED) is 0.420. The molecule has 7 heteroatoms. The van der Waals surface area contributed by atoms with E-state index in [4.69, 9.17) is 25.8 Å². The summed E-state index contributed by atoms with van der Waals surface area (Å²) in [5, 5.41) is 4.70. The van der Waals surface area contributed by atoms with Crippen LogP contribution in [0.5, 0.6) is 17.2 Å². The molecule has 0 aromatic heterocycles. The van der Waals surface area contributed by atoms with Crippen LogP contribution in [-0.2, 0) is 6.61 Å². The smallest absolute Gasteiger partial charge is 0.271 e. The van der Waals surface area contributed by atoms with Crippen LogP contribution in [0.1, 0.15) is 21.5 Å². The molecule has 3 rings (SSSR count). The summed E-state index contributed by atoms with van der Waals surface area (Å²) in [6, 6.07) is 19.8. The molecule has 0 aliphatic rings. The van der Waals surface area contributed by atoms with Crippen molar-refractivity contribution < 1.29 is 19.0 Å². The molecule has 0 radical (unpaired) electrons. The number of nitrogens with one attached hydrogen (secondary N) is 1. The van der Waals surface area contributed by atoms with Crippen LogP contribution in [0.3, 0.4) is 0 Å². The lowest BCUT2D eigenvalue weighted by molar-refractivity contribution is 0.0954. The van der Waals surface area contributed by atoms with Crippen LogP contribution in [0.25, 0.3) is 0 Å². The molecule has 0 fully saturated rings. The number of hydrazone groups is 1.